The van der Waals surface area contributed by atoms with E-state index in [4.69, 9.17) is 30.9 Å². The van der Waals surface area contributed by atoms with Gasteiger partial charge >= 0.3 is 0 Å². The largest absolute Gasteiger partial charge is 0.493 e. The van der Waals surface area contributed by atoms with Crippen molar-refractivity contribution in [2.24, 2.45) is 0 Å². The van der Waals surface area contributed by atoms with Crippen LogP contribution in [0.15, 0.2) is 40.9 Å². The normalized spacial score (nSPS) is 10.3. The molecule has 1 aromatic heterocycles. The molecule has 0 unspecified atom stereocenters. The smallest absolute Gasteiger partial charge is 0.255 e. The van der Waals surface area contributed by atoms with Gasteiger partial charge in [-0.25, -0.2) is 0 Å². The number of nitrogens with one attached hydrogen (secondary N) is 1. The van der Waals surface area contributed by atoms with Crippen LogP contribution in [0, 0.1) is 25.2 Å². The van der Waals surface area contributed by atoms with Gasteiger partial charge in [0.05, 0.1) is 29.0 Å². The van der Waals surface area contributed by atoms with E-state index in [1.165, 1.54) is 13.2 Å². The van der Waals surface area contributed by atoms with E-state index < -0.39 is 0 Å². The Morgan fingerprint density at radius 1 is 1.24 bits per heavy atom. The number of halogens is 1. The average molecular weight is 412 g/mol. The first-order valence-electron chi connectivity index (χ1n) is 8.66. The van der Waals surface area contributed by atoms with Crippen molar-refractivity contribution in [3.63, 3.8) is 0 Å². The molecule has 0 fully saturated rings. The lowest BCUT2D eigenvalue weighted by Crippen LogP contribution is -2.12. The van der Waals surface area contributed by atoms with Crippen LogP contribution in [0.2, 0.25) is 5.02 Å². The minimum Gasteiger partial charge on any atom is -0.493 e. The molecule has 0 aliphatic heterocycles. The summed E-state index contributed by atoms with van der Waals surface area (Å²) < 4.78 is 16.3. The topological polar surface area (TPSA) is 97.4 Å². The van der Waals surface area contributed by atoms with Crippen molar-refractivity contribution < 1.29 is 18.8 Å². The molecule has 3 rings (SSSR count). The predicted molar refractivity (Wildman–Crippen MR) is 107 cm³/mol. The van der Waals surface area contributed by atoms with E-state index in [1.54, 1.807) is 30.3 Å². The van der Waals surface area contributed by atoms with E-state index in [9.17, 15) is 4.79 Å². The fraction of sp³-hybridized carbons (Fsp3) is 0.190. The van der Waals surface area contributed by atoms with Gasteiger partial charge in [-0.05, 0) is 50.2 Å². The van der Waals surface area contributed by atoms with E-state index in [1.807, 2.05) is 19.9 Å². The number of carbonyl (C=O) groups is 1. The zero-order chi connectivity index (χ0) is 21.0. The number of nitrogens with zero attached hydrogens (tertiary/aromatic N) is 2. The molecule has 7 nitrogen and oxygen atoms in total. The number of hydrogen-bond acceptors (Lipinski definition) is 6. The molecule has 8 heteroatoms. The van der Waals surface area contributed by atoms with Crippen LogP contribution in [0.1, 0.15) is 32.9 Å². The molecule has 0 aliphatic carbocycles. The first-order chi connectivity index (χ1) is 13.9. The lowest BCUT2D eigenvalue weighted by Gasteiger charge is -2.12. The van der Waals surface area contributed by atoms with Gasteiger partial charge < -0.3 is 19.3 Å². The predicted octanol–water partition coefficient (Wildman–Crippen LogP) is 4.66. The van der Waals surface area contributed by atoms with E-state index >= 15 is 0 Å². The van der Waals surface area contributed by atoms with Gasteiger partial charge in [0.25, 0.3) is 5.91 Å². The summed E-state index contributed by atoms with van der Waals surface area (Å²) >= 11 is 6.01. The highest BCUT2D eigenvalue weighted by Crippen LogP contribution is 2.30. The average Bonchev–Trinajstić information content (AvgIpc) is 3.04. The monoisotopic (exact) mass is 411 g/mol. The molecule has 1 heterocycles. The number of ether oxygens (including phenoxy) is 2. The third-order valence-electron chi connectivity index (χ3n) is 4.33. The second-order valence-electron chi connectivity index (χ2n) is 6.22. The summed E-state index contributed by atoms with van der Waals surface area (Å²) in [7, 11) is 1.50. The first kappa shape index (κ1) is 20.2. The van der Waals surface area contributed by atoms with Crippen LogP contribution in [0.25, 0.3) is 0 Å². The zero-order valence-electron chi connectivity index (χ0n) is 16.1. The van der Waals surface area contributed by atoms with Gasteiger partial charge in [0.1, 0.15) is 18.4 Å². The fourth-order valence-electron chi connectivity index (χ4n) is 2.67. The highest BCUT2D eigenvalue weighted by Gasteiger charge is 2.15. The van der Waals surface area contributed by atoms with Crippen molar-refractivity contribution in [3.05, 3.63) is 69.6 Å². The van der Waals surface area contributed by atoms with E-state index in [-0.39, 0.29) is 17.5 Å². The third kappa shape index (κ3) is 4.50. The Morgan fingerprint density at radius 2 is 2.03 bits per heavy atom. The Hall–Kier alpha value is -3.50. The van der Waals surface area contributed by atoms with Crippen molar-refractivity contribution in [2.75, 3.05) is 12.4 Å². The van der Waals surface area contributed by atoms with Gasteiger partial charge in [0.15, 0.2) is 11.5 Å². The quantitative estimate of drug-likeness (QED) is 0.633. The molecule has 1 N–H and O–H groups in total. The van der Waals surface area contributed by atoms with Crippen molar-refractivity contribution >= 4 is 23.2 Å². The molecule has 0 aliphatic rings. The van der Waals surface area contributed by atoms with Gasteiger partial charge in [-0.3, -0.25) is 4.79 Å². The summed E-state index contributed by atoms with van der Waals surface area (Å²) in [5.74, 6) is 1.26. The molecule has 0 bridgehead atoms. The maximum atomic E-state index is 12.6. The van der Waals surface area contributed by atoms with Gasteiger partial charge in [-0.2, -0.15) is 5.26 Å². The van der Waals surface area contributed by atoms with E-state index in [0.29, 0.717) is 34.1 Å². The first-order valence-corrected chi connectivity index (χ1v) is 9.04. The molecular formula is C21H18ClN3O4. The van der Waals surface area contributed by atoms with E-state index in [0.717, 1.165) is 11.3 Å². The molecule has 0 saturated heterocycles. The second-order valence-corrected chi connectivity index (χ2v) is 6.62. The summed E-state index contributed by atoms with van der Waals surface area (Å²) in [6.45, 7) is 3.93. The van der Waals surface area contributed by atoms with Crippen molar-refractivity contribution in [1.29, 1.82) is 5.26 Å². The molecule has 3 aromatic rings. The number of methoxy groups -OCH3 is 1. The number of anilines is 1. The number of aromatic nitrogens is 1. The standard InChI is InChI=1S/C21H18ClN3O4/c1-12-17(13(2)29-25-12)11-28-19-7-5-14(8-20(19)27-3)21(26)24-16-6-4-15(10-23)18(22)9-16/h4-9H,11H2,1-3H3,(H,24,26). The second kappa shape index (κ2) is 8.67. The number of benzene rings is 2. The molecule has 29 heavy (non-hydrogen) atoms. The van der Waals surface area contributed by atoms with Gasteiger partial charge in [-0.15, -0.1) is 0 Å². The Kier molecular flexibility index (Phi) is 6.05. The molecule has 0 saturated carbocycles. The van der Waals surface area contributed by atoms with Crippen LogP contribution >= 0.6 is 11.6 Å². The number of carbonyl (C=O) groups excluding carboxylic acids is 1. The van der Waals surface area contributed by atoms with Crippen LogP contribution in [0.3, 0.4) is 0 Å². The molecule has 0 atom stereocenters. The lowest BCUT2D eigenvalue weighted by molar-refractivity contribution is 0.102. The minimum absolute atomic E-state index is 0.269. The number of hydrogen-bond donors (Lipinski definition) is 1. The summed E-state index contributed by atoms with van der Waals surface area (Å²) in [5.41, 5.74) is 2.83. The van der Waals surface area contributed by atoms with Crippen molar-refractivity contribution in [2.45, 2.75) is 20.5 Å². The SMILES string of the molecule is COc1cc(C(=O)Nc2ccc(C#N)c(Cl)c2)ccc1OCc1c(C)noc1C. The number of aryl methyl sites for hydroxylation is 2. The Balaban J connectivity index is 1.74. The van der Waals surface area contributed by atoms with Crippen molar-refractivity contribution in [3.8, 4) is 17.6 Å². The summed E-state index contributed by atoms with van der Waals surface area (Å²) in [6.07, 6.45) is 0. The Labute approximate surface area is 172 Å². The number of nitriles is 1. The summed E-state index contributed by atoms with van der Waals surface area (Å²) in [4.78, 5) is 12.6. The maximum absolute atomic E-state index is 12.6. The molecule has 0 spiro atoms. The van der Waals surface area contributed by atoms with Crippen LogP contribution < -0.4 is 14.8 Å². The molecule has 1 amide bonds. The fourth-order valence-corrected chi connectivity index (χ4v) is 2.90. The van der Waals surface area contributed by atoms with Crippen LogP contribution in [0.5, 0.6) is 11.5 Å². The molecule has 0 radical (unpaired) electrons. The van der Waals surface area contributed by atoms with Crippen molar-refractivity contribution in [1.82, 2.24) is 5.16 Å². The minimum atomic E-state index is -0.346. The van der Waals surface area contributed by atoms with Gasteiger partial charge in [0, 0.05) is 11.3 Å². The molecule has 148 valence electrons. The van der Waals surface area contributed by atoms with Gasteiger partial charge in [-0.1, -0.05) is 16.8 Å². The zero-order valence-corrected chi connectivity index (χ0v) is 16.8. The highest BCUT2D eigenvalue weighted by molar-refractivity contribution is 6.32. The Bertz CT molecular complexity index is 1080. The maximum Gasteiger partial charge on any atom is 0.255 e. The van der Waals surface area contributed by atoms with Crippen LogP contribution in [-0.2, 0) is 6.61 Å². The van der Waals surface area contributed by atoms with Gasteiger partial charge in [0.2, 0.25) is 0 Å². The Morgan fingerprint density at radius 3 is 2.66 bits per heavy atom. The highest BCUT2D eigenvalue weighted by atomic mass is 35.5. The molecular weight excluding hydrogens is 394 g/mol. The summed E-state index contributed by atoms with van der Waals surface area (Å²) in [5, 5.41) is 15.8. The van der Waals surface area contributed by atoms with E-state index in [2.05, 4.69) is 10.5 Å². The number of rotatable bonds is 6. The third-order valence-corrected chi connectivity index (χ3v) is 4.64. The molecule has 2 aromatic carbocycles. The summed E-state index contributed by atoms with van der Waals surface area (Å²) in [6, 6.07) is 11.5. The van der Waals surface area contributed by atoms with Crippen LogP contribution in [-0.4, -0.2) is 18.2 Å². The number of amides is 1. The van der Waals surface area contributed by atoms with Crippen LogP contribution in [0.4, 0.5) is 5.69 Å². The lowest BCUT2D eigenvalue weighted by atomic mass is 10.1.